The maximum Gasteiger partial charge on any atom is 0.207 e. The SMILES string of the molecule is COc1ccccc1-c1cn(C)c2cc(CCC(F)CCNC=O)cnc12. The van der Waals surface area contributed by atoms with Crippen LogP contribution in [0.15, 0.2) is 42.7 Å². The van der Waals surface area contributed by atoms with Crippen molar-refractivity contribution in [3.8, 4) is 16.9 Å². The largest absolute Gasteiger partial charge is 0.496 e. The summed E-state index contributed by atoms with van der Waals surface area (Å²) >= 11 is 0. The van der Waals surface area contributed by atoms with Crippen LogP contribution in [-0.2, 0) is 18.3 Å². The Kier molecular flexibility index (Phi) is 6.06. The number of carbonyl (C=O) groups excluding carboxylic acids is 1. The van der Waals surface area contributed by atoms with E-state index in [1.165, 1.54) is 0 Å². The molecule has 3 rings (SSSR count). The van der Waals surface area contributed by atoms with E-state index < -0.39 is 6.17 Å². The number of fused-ring (bicyclic) bond motifs is 1. The Morgan fingerprint density at radius 3 is 2.89 bits per heavy atom. The van der Waals surface area contributed by atoms with Gasteiger partial charge in [-0.05, 0) is 37.0 Å². The van der Waals surface area contributed by atoms with Crippen molar-refractivity contribution in [2.45, 2.75) is 25.4 Å². The highest BCUT2D eigenvalue weighted by Gasteiger charge is 2.14. The van der Waals surface area contributed by atoms with Gasteiger partial charge in [0.1, 0.15) is 11.9 Å². The molecule has 1 aromatic carbocycles. The number of rotatable bonds is 9. The molecule has 1 unspecified atom stereocenters. The van der Waals surface area contributed by atoms with Gasteiger partial charge in [-0.15, -0.1) is 0 Å². The average molecular weight is 369 g/mol. The Labute approximate surface area is 158 Å². The second-order valence-corrected chi connectivity index (χ2v) is 6.56. The fourth-order valence-electron chi connectivity index (χ4n) is 3.26. The van der Waals surface area contributed by atoms with Crippen molar-refractivity contribution in [3.05, 3.63) is 48.3 Å². The smallest absolute Gasteiger partial charge is 0.207 e. The zero-order valence-corrected chi connectivity index (χ0v) is 15.6. The zero-order valence-electron chi connectivity index (χ0n) is 15.6. The van der Waals surface area contributed by atoms with Gasteiger partial charge in [0.15, 0.2) is 0 Å². The minimum atomic E-state index is -0.939. The highest BCUT2D eigenvalue weighted by atomic mass is 19.1. The number of hydrogen-bond acceptors (Lipinski definition) is 3. The Morgan fingerprint density at radius 1 is 1.30 bits per heavy atom. The van der Waals surface area contributed by atoms with Crippen LogP contribution in [0.5, 0.6) is 5.75 Å². The van der Waals surface area contributed by atoms with Crippen LogP contribution in [0.2, 0.25) is 0 Å². The van der Waals surface area contributed by atoms with E-state index in [1.54, 1.807) is 7.11 Å². The van der Waals surface area contributed by atoms with Crippen LogP contribution in [0.3, 0.4) is 0 Å². The van der Waals surface area contributed by atoms with E-state index in [4.69, 9.17) is 4.74 Å². The van der Waals surface area contributed by atoms with E-state index in [1.807, 2.05) is 48.3 Å². The van der Waals surface area contributed by atoms with Gasteiger partial charge >= 0.3 is 0 Å². The number of aromatic nitrogens is 2. The van der Waals surface area contributed by atoms with Crippen molar-refractivity contribution in [1.82, 2.24) is 14.9 Å². The molecule has 142 valence electrons. The van der Waals surface area contributed by atoms with Gasteiger partial charge in [0.2, 0.25) is 6.41 Å². The van der Waals surface area contributed by atoms with Crippen LogP contribution in [-0.4, -0.2) is 35.8 Å². The number of amides is 1. The molecule has 1 N–H and O–H groups in total. The molecule has 0 spiro atoms. The number of nitrogens with zero attached hydrogens (tertiary/aromatic N) is 2. The molecule has 3 aromatic rings. The van der Waals surface area contributed by atoms with E-state index in [-0.39, 0.29) is 0 Å². The molecule has 6 heteroatoms. The molecule has 1 atom stereocenters. The summed E-state index contributed by atoms with van der Waals surface area (Å²) in [5.74, 6) is 0.806. The second-order valence-electron chi connectivity index (χ2n) is 6.56. The molecule has 2 heterocycles. The van der Waals surface area contributed by atoms with Crippen LogP contribution >= 0.6 is 0 Å². The third kappa shape index (κ3) is 4.27. The number of aryl methyl sites for hydroxylation is 2. The number of ether oxygens (including phenoxy) is 1. The molecule has 5 nitrogen and oxygen atoms in total. The Morgan fingerprint density at radius 2 is 2.11 bits per heavy atom. The number of alkyl halides is 1. The molecule has 1 amide bonds. The summed E-state index contributed by atoms with van der Waals surface area (Å²) in [5, 5.41) is 2.49. The fourth-order valence-corrected chi connectivity index (χ4v) is 3.26. The number of halogens is 1. The van der Waals surface area contributed by atoms with E-state index in [9.17, 15) is 9.18 Å². The van der Waals surface area contributed by atoms with E-state index >= 15 is 0 Å². The topological polar surface area (TPSA) is 56.1 Å². The summed E-state index contributed by atoms with van der Waals surface area (Å²) < 4.78 is 21.4. The molecule has 0 aliphatic heterocycles. The van der Waals surface area contributed by atoms with E-state index in [0.717, 1.165) is 33.5 Å². The lowest BCUT2D eigenvalue weighted by molar-refractivity contribution is -0.109. The summed E-state index contributed by atoms with van der Waals surface area (Å²) in [6, 6.07) is 9.94. The predicted molar refractivity (Wildman–Crippen MR) is 105 cm³/mol. The maximum absolute atomic E-state index is 13.9. The van der Waals surface area contributed by atoms with Crippen molar-refractivity contribution in [2.75, 3.05) is 13.7 Å². The van der Waals surface area contributed by atoms with Crippen molar-refractivity contribution in [2.24, 2.45) is 7.05 Å². The second kappa shape index (κ2) is 8.66. The Hall–Kier alpha value is -2.89. The molecule has 0 fully saturated rings. The number of nitrogens with one attached hydrogen (secondary N) is 1. The Balaban J connectivity index is 1.81. The summed E-state index contributed by atoms with van der Waals surface area (Å²) in [6.45, 7) is 0.363. The molecular formula is C21H24FN3O2. The lowest BCUT2D eigenvalue weighted by Gasteiger charge is -2.08. The molecule has 27 heavy (non-hydrogen) atoms. The fraction of sp³-hybridized carbons (Fsp3) is 0.333. The van der Waals surface area contributed by atoms with Gasteiger partial charge in [-0.25, -0.2) is 4.39 Å². The van der Waals surface area contributed by atoms with Crippen LogP contribution in [0.1, 0.15) is 18.4 Å². The van der Waals surface area contributed by atoms with Gasteiger partial charge < -0.3 is 14.6 Å². The summed E-state index contributed by atoms with van der Waals surface area (Å²) in [6.07, 6.45) is 4.87. The molecule has 0 radical (unpaired) electrons. The van der Waals surface area contributed by atoms with Gasteiger partial charge in [-0.3, -0.25) is 9.78 Å². The van der Waals surface area contributed by atoms with Gasteiger partial charge in [0.25, 0.3) is 0 Å². The lowest BCUT2D eigenvalue weighted by Crippen LogP contribution is -2.17. The van der Waals surface area contributed by atoms with Crippen LogP contribution in [0, 0.1) is 0 Å². The molecule has 2 aromatic heterocycles. The third-order valence-corrected chi connectivity index (χ3v) is 4.71. The van der Waals surface area contributed by atoms with Gasteiger partial charge in [-0.1, -0.05) is 18.2 Å². The molecule has 0 aliphatic rings. The van der Waals surface area contributed by atoms with Crippen molar-refractivity contribution in [1.29, 1.82) is 0 Å². The lowest BCUT2D eigenvalue weighted by atomic mass is 10.0. The summed E-state index contributed by atoms with van der Waals surface area (Å²) in [5.41, 5.74) is 4.92. The standard InChI is InChI=1S/C21H24FN3O2/c1-25-13-18(17-5-3-4-6-20(17)27-2)21-19(25)11-15(12-24-21)7-8-16(22)9-10-23-14-26/h3-6,11-14,16H,7-10H2,1-2H3,(H,23,26). The predicted octanol–water partition coefficient (Wildman–Crippen LogP) is 3.66. The first kappa shape index (κ1) is 18.9. The molecule has 0 saturated heterocycles. The van der Waals surface area contributed by atoms with Crippen molar-refractivity contribution < 1.29 is 13.9 Å². The third-order valence-electron chi connectivity index (χ3n) is 4.71. The molecule has 0 saturated carbocycles. The van der Waals surface area contributed by atoms with Crippen molar-refractivity contribution in [3.63, 3.8) is 0 Å². The highest BCUT2D eigenvalue weighted by Crippen LogP contribution is 2.35. The first-order valence-electron chi connectivity index (χ1n) is 9.02. The number of carbonyl (C=O) groups is 1. The first-order chi connectivity index (χ1) is 13.1. The van der Waals surface area contributed by atoms with Gasteiger partial charge in [0.05, 0.1) is 18.1 Å². The Bertz CT molecular complexity index is 923. The zero-order chi connectivity index (χ0) is 19.2. The minimum absolute atomic E-state index is 0.330. The minimum Gasteiger partial charge on any atom is -0.496 e. The highest BCUT2D eigenvalue weighted by molar-refractivity contribution is 5.94. The van der Waals surface area contributed by atoms with Gasteiger partial charge in [-0.2, -0.15) is 0 Å². The van der Waals surface area contributed by atoms with E-state index in [0.29, 0.717) is 32.2 Å². The van der Waals surface area contributed by atoms with Gasteiger partial charge in [0, 0.05) is 37.1 Å². The molecular weight excluding hydrogens is 345 g/mol. The quantitative estimate of drug-likeness (QED) is 0.463. The van der Waals surface area contributed by atoms with E-state index in [2.05, 4.69) is 16.4 Å². The summed E-state index contributed by atoms with van der Waals surface area (Å²) in [4.78, 5) is 14.9. The number of pyridine rings is 1. The molecule has 0 bridgehead atoms. The van der Waals surface area contributed by atoms with Crippen molar-refractivity contribution >= 4 is 17.4 Å². The monoisotopic (exact) mass is 369 g/mol. The average Bonchev–Trinajstić information content (AvgIpc) is 3.02. The van der Waals surface area contributed by atoms with Crippen LogP contribution in [0.4, 0.5) is 4.39 Å². The van der Waals surface area contributed by atoms with Crippen LogP contribution < -0.4 is 10.1 Å². The maximum atomic E-state index is 13.9. The van der Waals surface area contributed by atoms with Crippen LogP contribution in [0.25, 0.3) is 22.2 Å². The molecule has 0 aliphatic carbocycles. The number of para-hydroxylation sites is 1. The first-order valence-corrected chi connectivity index (χ1v) is 9.02. The summed E-state index contributed by atoms with van der Waals surface area (Å²) in [7, 11) is 3.64. The number of benzene rings is 1. The number of hydrogen-bond donors (Lipinski definition) is 1. The normalized spacial score (nSPS) is 12.1. The number of methoxy groups -OCH3 is 1.